The number of fused-ring (bicyclic) bond motifs is 1. The Morgan fingerprint density at radius 1 is 1.03 bits per heavy atom. The Balaban J connectivity index is 1.55. The molecule has 4 aromatic rings. The second kappa shape index (κ2) is 9.25. The molecule has 0 radical (unpaired) electrons. The monoisotopic (exact) mass is 507 g/mol. The van der Waals surface area contributed by atoms with Crippen molar-refractivity contribution in [2.75, 3.05) is 11.2 Å². The number of hydrogen-bond donors (Lipinski definition) is 5. The molecule has 2 heterocycles. The van der Waals surface area contributed by atoms with Crippen LogP contribution in [0, 0.1) is 6.08 Å². The third-order valence-corrected chi connectivity index (χ3v) is 9.01. The third-order valence-electron chi connectivity index (χ3n) is 4.90. The molecule has 0 spiro atoms. The quantitative estimate of drug-likeness (QED) is 0.176. The topological polar surface area (TPSA) is 171 Å². The second-order valence-electron chi connectivity index (χ2n) is 7.55. The lowest BCUT2D eigenvalue weighted by Crippen LogP contribution is -2.08. The number of rotatable bonds is 8. The second-order valence-corrected chi connectivity index (χ2v) is 11.9. The molecule has 0 aliphatic carbocycles. The minimum atomic E-state index is -4.69. The molecule has 0 saturated carbocycles. The van der Waals surface area contributed by atoms with Crippen molar-refractivity contribution in [3.63, 3.8) is 0 Å². The van der Waals surface area contributed by atoms with Crippen LogP contribution in [0.5, 0.6) is 5.75 Å². The summed E-state index contributed by atoms with van der Waals surface area (Å²) in [5.74, 6) is -0.934. The van der Waals surface area contributed by atoms with Gasteiger partial charge in [-0.05, 0) is 48.4 Å². The van der Waals surface area contributed by atoms with Crippen LogP contribution in [-0.2, 0) is 22.1 Å². The molecule has 11 nitrogen and oxygen atoms in total. The van der Waals surface area contributed by atoms with E-state index in [0.717, 1.165) is 5.56 Å². The van der Waals surface area contributed by atoms with Crippen LogP contribution in [0.3, 0.4) is 0 Å². The number of aromatic nitrogens is 4. The molecule has 34 heavy (non-hydrogen) atoms. The van der Waals surface area contributed by atoms with Crippen LogP contribution in [0.4, 0.5) is 15.9 Å². The summed E-state index contributed by atoms with van der Waals surface area (Å²) in [5, 5.41) is 12.4. The number of imidazole rings is 1. The summed E-state index contributed by atoms with van der Waals surface area (Å²) in [4.78, 5) is 39.8. The largest absolute Gasteiger partial charge is 0.508 e. The maximum atomic E-state index is 14.2. The summed E-state index contributed by atoms with van der Waals surface area (Å²) in [6.07, 6.45) is 1.07. The number of nitrogens with zero attached hydrogens (tertiary/aromatic N) is 4. The average molecular weight is 507 g/mol. The van der Waals surface area contributed by atoms with Gasteiger partial charge in [-0.25, -0.2) is 4.98 Å². The van der Waals surface area contributed by atoms with Crippen molar-refractivity contribution < 1.29 is 33.3 Å². The van der Waals surface area contributed by atoms with Crippen molar-refractivity contribution in [2.45, 2.75) is 13.0 Å². The SMILES string of the molecule is O=P(O)(O)CP(=O)(O)c1ccc(Nc2nc(F)nc3c2ncn3CCc2cccc(O)c2)cc1. The Hall–Kier alpha value is -3.14. The lowest BCUT2D eigenvalue weighted by atomic mass is 10.1. The van der Waals surface area contributed by atoms with Crippen LogP contribution in [-0.4, -0.2) is 45.2 Å². The fraction of sp³-hybridized carbons (Fsp3) is 0.150. The number of halogens is 1. The zero-order chi connectivity index (χ0) is 24.5. The fourth-order valence-electron chi connectivity index (χ4n) is 3.38. The molecule has 5 N–H and O–H groups in total. The Labute approximate surface area is 192 Å². The van der Waals surface area contributed by atoms with Crippen LogP contribution in [0.2, 0.25) is 0 Å². The molecule has 0 saturated heterocycles. The van der Waals surface area contributed by atoms with Gasteiger partial charge in [0.15, 0.2) is 17.0 Å². The summed E-state index contributed by atoms with van der Waals surface area (Å²) in [6, 6.07) is 12.1. The Kier molecular flexibility index (Phi) is 6.53. The summed E-state index contributed by atoms with van der Waals surface area (Å²) in [6.45, 7) is 0.426. The van der Waals surface area contributed by atoms with E-state index >= 15 is 0 Å². The molecular formula is C20H20FN5O6P2. The van der Waals surface area contributed by atoms with Gasteiger partial charge in [0.2, 0.25) is 7.37 Å². The molecule has 1 atom stereocenters. The molecule has 2 aromatic carbocycles. The summed E-state index contributed by atoms with van der Waals surface area (Å²) in [7, 11) is -8.95. The van der Waals surface area contributed by atoms with Crippen molar-refractivity contribution in [3.8, 4) is 5.75 Å². The molecule has 4 rings (SSSR count). The van der Waals surface area contributed by atoms with Gasteiger partial charge in [0.1, 0.15) is 11.7 Å². The van der Waals surface area contributed by atoms with E-state index in [1.807, 2.05) is 6.07 Å². The first-order valence-electron chi connectivity index (χ1n) is 9.90. The number of phenolic OH excluding ortho intramolecular Hbond substituents is 1. The van der Waals surface area contributed by atoms with Gasteiger partial charge in [0.05, 0.1) is 6.33 Å². The molecular weight excluding hydrogens is 487 g/mol. The number of aromatic hydroxyl groups is 1. The molecule has 1 unspecified atom stereocenters. The first kappa shape index (κ1) is 24.0. The highest BCUT2D eigenvalue weighted by Crippen LogP contribution is 2.53. The summed E-state index contributed by atoms with van der Waals surface area (Å²) < 4.78 is 39.2. The van der Waals surface area contributed by atoms with E-state index in [9.17, 15) is 23.5 Å². The maximum Gasteiger partial charge on any atom is 0.335 e. The number of benzene rings is 2. The van der Waals surface area contributed by atoms with E-state index in [2.05, 4.69) is 20.3 Å². The smallest absolute Gasteiger partial charge is 0.335 e. The molecule has 178 valence electrons. The van der Waals surface area contributed by atoms with Gasteiger partial charge in [0, 0.05) is 17.5 Å². The minimum Gasteiger partial charge on any atom is -0.508 e. The molecule has 0 aliphatic rings. The van der Waals surface area contributed by atoms with Crippen LogP contribution >= 0.6 is 15.0 Å². The van der Waals surface area contributed by atoms with Crippen molar-refractivity contribution in [1.29, 1.82) is 0 Å². The van der Waals surface area contributed by atoms with Crippen molar-refractivity contribution in [1.82, 2.24) is 19.5 Å². The van der Waals surface area contributed by atoms with E-state index in [-0.39, 0.29) is 22.5 Å². The van der Waals surface area contributed by atoms with Crippen LogP contribution in [0.15, 0.2) is 54.9 Å². The van der Waals surface area contributed by atoms with Gasteiger partial charge >= 0.3 is 13.7 Å². The van der Waals surface area contributed by atoms with Gasteiger partial charge in [-0.3, -0.25) is 9.13 Å². The van der Waals surface area contributed by atoms with Gasteiger partial charge in [0.25, 0.3) is 0 Å². The van der Waals surface area contributed by atoms with Crippen LogP contribution < -0.4 is 10.6 Å². The van der Waals surface area contributed by atoms with E-state index in [1.165, 1.54) is 30.6 Å². The Morgan fingerprint density at radius 2 is 1.76 bits per heavy atom. The predicted octanol–water partition coefficient (Wildman–Crippen LogP) is 2.69. The standard InChI is InChI=1S/C20H20FN5O6P2/c21-20-24-18(23-14-4-6-16(7-5-14)33(28,29)12-34(30,31)32)17-19(25-20)26(11-22-17)9-8-13-2-1-3-15(27)10-13/h1-7,10-11,27H,8-9,12H2,(H,28,29)(H,23,24,25)(H2,30,31,32). The van der Waals surface area contributed by atoms with E-state index in [1.54, 1.807) is 22.8 Å². The van der Waals surface area contributed by atoms with Crippen molar-refractivity contribution >= 4 is 42.9 Å². The van der Waals surface area contributed by atoms with E-state index in [4.69, 9.17) is 9.79 Å². The molecule has 14 heteroatoms. The molecule has 0 aliphatic heterocycles. The zero-order valence-electron chi connectivity index (χ0n) is 17.5. The van der Waals surface area contributed by atoms with Gasteiger partial charge in [-0.15, -0.1) is 0 Å². The Morgan fingerprint density at radius 3 is 2.44 bits per heavy atom. The van der Waals surface area contributed by atoms with E-state index in [0.29, 0.717) is 24.2 Å². The lowest BCUT2D eigenvalue weighted by molar-refractivity contribution is 0.376. The molecule has 0 amide bonds. The van der Waals surface area contributed by atoms with Gasteiger partial charge in [-0.2, -0.15) is 14.4 Å². The zero-order valence-corrected chi connectivity index (χ0v) is 19.3. The number of phenols is 1. The number of nitrogens with one attached hydrogen (secondary N) is 1. The molecule has 0 bridgehead atoms. The fourth-order valence-corrected chi connectivity index (χ4v) is 6.64. The van der Waals surface area contributed by atoms with Crippen LogP contribution in [0.25, 0.3) is 11.2 Å². The average Bonchev–Trinajstić information content (AvgIpc) is 3.14. The highest BCUT2D eigenvalue weighted by molar-refractivity contribution is 7.77. The Bertz CT molecular complexity index is 1440. The van der Waals surface area contributed by atoms with Crippen LogP contribution in [0.1, 0.15) is 5.56 Å². The predicted molar refractivity (Wildman–Crippen MR) is 123 cm³/mol. The first-order valence-corrected chi connectivity index (χ1v) is 13.5. The van der Waals surface area contributed by atoms with Crippen molar-refractivity contribution in [3.05, 3.63) is 66.5 Å². The third kappa shape index (κ3) is 5.67. The summed E-state index contributed by atoms with van der Waals surface area (Å²) in [5.41, 5.74) is 1.83. The molecule has 2 aromatic heterocycles. The first-order chi connectivity index (χ1) is 16.0. The number of hydrogen-bond acceptors (Lipinski definition) is 7. The van der Waals surface area contributed by atoms with Crippen molar-refractivity contribution in [2.24, 2.45) is 0 Å². The number of anilines is 2. The van der Waals surface area contributed by atoms with Gasteiger partial charge < -0.3 is 29.7 Å². The normalized spacial score (nSPS) is 13.6. The maximum absolute atomic E-state index is 14.2. The lowest BCUT2D eigenvalue weighted by Gasteiger charge is -2.13. The van der Waals surface area contributed by atoms with E-state index < -0.39 is 26.9 Å². The highest BCUT2D eigenvalue weighted by atomic mass is 31.2. The minimum absolute atomic E-state index is 0.0776. The van der Waals surface area contributed by atoms with Gasteiger partial charge in [-0.1, -0.05) is 12.1 Å². The highest BCUT2D eigenvalue weighted by Gasteiger charge is 2.31. The molecule has 0 fully saturated rings. The summed E-state index contributed by atoms with van der Waals surface area (Å²) >= 11 is 0. The number of aryl methyl sites for hydroxylation is 2.